The molecule has 2 aromatic rings. The summed E-state index contributed by atoms with van der Waals surface area (Å²) in [7, 11) is 0. The Hall–Kier alpha value is -1.51. The SMILES string of the molecule is Cc1ccc(C(=O)Nc2cc(Cl)cc(Cl)c2)cc1C. The first-order chi connectivity index (χ1) is 8.95. The number of rotatable bonds is 2. The Labute approximate surface area is 122 Å². The Kier molecular flexibility index (Phi) is 4.13. The predicted octanol–water partition coefficient (Wildman–Crippen LogP) is 4.86. The van der Waals surface area contributed by atoms with Gasteiger partial charge in [0.05, 0.1) is 0 Å². The van der Waals surface area contributed by atoms with Gasteiger partial charge in [0.15, 0.2) is 0 Å². The summed E-state index contributed by atoms with van der Waals surface area (Å²) in [6, 6.07) is 10.5. The van der Waals surface area contributed by atoms with Crippen LogP contribution in [-0.2, 0) is 0 Å². The van der Waals surface area contributed by atoms with Gasteiger partial charge in [-0.05, 0) is 55.3 Å². The van der Waals surface area contributed by atoms with E-state index < -0.39 is 0 Å². The summed E-state index contributed by atoms with van der Waals surface area (Å²) in [5.41, 5.74) is 3.43. The molecule has 98 valence electrons. The van der Waals surface area contributed by atoms with Crippen LogP contribution in [0.25, 0.3) is 0 Å². The zero-order chi connectivity index (χ0) is 14.0. The van der Waals surface area contributed by atoms with Gasteiger partial charge in [-0.25, -0.2) is 0 Å². The standard InChI is InChI=1S/C15H13Cl2NO/c1-9-3-4-11(5-10(9)2)15(19)18-14-7-12(16)6-13(17)8-14/h3-8H,1-2H3,(H,18,19). The van der Waals surface area contributed by atoms with Crippen molar-refractivity contribution in [3.63, 3.8) is 0 Å². The zero-order valence-electron chi connectivity index (χ0n) is 10.6. The van der Waals surface area contributed by atoms with E-state index in [0.29, 0.717) is 21.3 Å². The number of aryl methyl sites for hydroxylation is 2. The minimum absolute atomic E-state index is 0.179. The average molecular weight is 294 g/mol. The topological polar surface area (TPSA) is 29.1 Å². The van der Waals surface area contributed by atoms with Crippen LogP contribution in [0.15, 0.2) is 36.4 Å². The third-order valence-electron chi connectivity index (χ3n) is 2.89. The average Bonchev–Trinajstić information content (AvgIpc) is 2.31. The van der Waals surface area contributed by atoms with Gasteiger partial charge in [0.25, 0.3) is 5.91 Å². The van der Waals surface area contributed by atoms with Crippen LogP contribution in [0.2, 0.25) is 10.0 Å². The first kappa shape index (κ1) is 13.9. The van der Waals surface area contributed by atoms with Gasteiger partial charge in [-0.2, -0.15) is 0 Å². The molecule has 0 bridgehead atoms. The number of carbonyl (C=O) groups excluding carboxylic acids is 1. The Morgan fingerprint density at radius 3 is 2.16 bits per heavy atom. The quantitative estimate of drug-likeness (QED) is 0.841. The summed E-state index contributed by atoms with van der Waals surface area (Å²) in [5.74, 6) is -0.179. The molecule has 19 heavy (non-hydrogen) atoms. The molecule has 0 unspecified atom stereocenters. The van der Waals surface area contributed by atoms with Crippen molar-refractivity contribution in [3.05, 3.63) is 63.1 Å². The molecule has 0 saturated heterocycles. The molecule has 1 N–H and O–H groups in total. The number of halogens is 2. The molecule has 0 heterocycles. The van der Waals surface area contributed by atoms with Gasteiger partial charge in [0, 0.05) is 21.3 Å². The fourth-order valence-corrected chi connectivity index (χ4v) is 2.24. The van der Waals surface area contributed by atoms with E-state index in [9.17, 15) is 4.79 Å². The van der Waals surface area contributed by atoms with Crippen LogP contribution in [0.5, 0.6) is 0 Å². The monoisotopic (exact) mass is 293 g/mol. The van der Waals surface area contributed by atoms with Gasteiger partial charge in [0.2, 0.25) is 0 Å². The summed E-state index contributed by atoms with van der Waals surface area (Å²) in [6.45, 7) is 3.98. The Morgan fingerprint density at radius 1 is 0.947 bits per heavy atom. The highest BCUT2D eigenvalue weighted by Crippen LogP contribution is 2.23. The van der Waals surface area contributed by atoms with E-state index in [4.69, 9.17) is 23.2 Å². The molecule has 4 heteroatoms. The summed E-state index contributed by atoms with van der Waals surface area (Å²) >= 11 is 11.8. The summed E-state index contributed by atoms with van der Waals surface area (Å²) in [5, 5.41) is 3.76. The lowest BCUT2D eigenvalue weighted by Crippen LogP contribution is -2.12. The van der Waals surface area contributed by atoms with Crippen molar-refractivity contribution in [2.75, 3.05) is 5.32 Å². The number of benzene rings is 2. The zero-order valence-corrected chi connectivity index (χ0v) is 12.1. The van der Waals surface area contributed by atoms with Crippen molar-refractivity contribution in [1.29, 1.82) is 0 Å². The molecule has 1 amide bonds. The van der Waals surface area contributed by atoms with E-state index in [1.165, 1.54) is 0 Å². The lowest BCUT2D eigenvalue weighted by Gasteiger charge is -2.08. The summed E-state index contributed by atoms with van der Waals surface area (Å²) < 4.78 is 0. The molecule has 0 aliphatic rings. The molecule has 2 nitrogen and oxygen atoms in total. The van der Waals surface area contributed by atoms with Crippen LogP contribution in [0, 0.1) is 13.8 Å². The maximum Gasteiger partial charge on any atom is 0.255 e. The third-order valence-corrected chi connectivity index (χ3v) is 3.33. The molecular weight excluding hydrogens is 281 g/mol. The maximum absolute atomic E-state index is 12.1. The van der Waals surface area contributed by atoms with Gasteiger partial charge in [-0.3, -0.25) is 4.79 Å². The number of anilines is 1. The van der Waals surface area contributed by atoms with E-state index in [0.717, 1.165) is 11.1 Å². The predicted molar refractivity (Wildman–Crippen MR) is 80.3 cm³/mol. The highest BCUT2D eigenvalue weighted by Gasteiger charge is 2.08. The van der Waals surface area contributed by atoms with Gasteiger partial charge in [-0.15, -0.1) is 0 Å². The van der Waals surface area contributed by atoms with Crippen molar-refractivity contribution in [3.8, 4) is 0 Å². The summed E-state index contributed by atoms with van der Waals surface area (Å²) in [4.78, 5) is 12.1. The van der Waals surface area contributed by atoms with Crippen LogP contribution >= 0.6 is 23.2 Å². The number of hydrogen-bond donors (Lipinski definition) is 1. The Balaban J connectivity index is 2.22. The van der Waals surface area contributed by atoms with Crippen LogP contribution < -0.4 is 5.32 Å². The molecule has 0 aliphatic carbocycles. The van der Waals surface area contributed by atoms with Crippen LogP contribution in [0.1, 0.15) is 21.5 Å². The smallest absolute Gasteiger partial charge is 0.255 e. The number of nitrogens with one attached hydrogen (secondary N) is 1. The number of amides is 1. The van der Waals surface area contributed by atoms with Crippen LogP contribution in [-0.4, -0.2) is 5.91 Å². The molecule has 2 aromatic carbocycles. The Morgan fingerprint density at radius 2 is 1.58 bits per heavy atom. The molecule has 0 aliphatic heterocycles. The second-order valence-electron chi connectivity index (χ2n) is 4.41. The lowest BCUT2D eigenvalue weighted by atomic mass is 10.1. The van der Waals surface area contributed by atoms with Crippen molar-refractivity contribution < 1.29 is 4.79 Å². The highest BCUT2D eigenvalue weighted by molar-refractivity contribution is 6.35. The molecule has 0 aromatic heterocycles. The van der Waals surface area contributed by atoms with Gasteiger partial charge < -0.3 is 5.32 Å². The summed E-state index contributed by atoms with van der Waals surface area (Å²) in [6.07, 6.45) is 0. The van der Waals surface area contributed by atoms with Crippen molar-refractivity contribution in [2.45, 2.75) is 13.8 Å². The van der Waals surface area contributed by atoms with Crippen LogP contribution in [0.4, 0.5) is 5.69 Å². The molecule has 0 atom stereocenters. The fraction of sp³-hybridized carbons (Fsp3) is 0.133. The first-order valence-corrected chi connectivity index (χ1v) is 6.56. The van der Waals surface area contributed by atoms with Gasteiger partial charge >= 0.3 is 0 Å². The number of hydrogen-bond acceptors (Lipinski definition) is 1. The molecular formula is C15H13Cl2NO. The van der Waals surface area contributed by atoms with Crippen LogP contribution in [0.3, 0.4) is 0 Å². The normalized spacial score (nSPS) is 10.3. The molecule has 0 radical (unpaired) electrons. The third kappa shape index (κ3) is 3.49. The second-order valence-corrected chi connectivity index (χ2v) is 5.28. The van der Waals surface area contributed by atoms with Crippen molar-refractivity contribution >= 4 is 34.8 Å². The highest BCUT2D eigenvalue weighted by atomic mass is 35.5. The fourth-order valence-electron chi connectivity index (χ4n) is 1.71. The molecule has 0 fully saturated rings. The van der Waals surface area contributed by atoms with E-state index >= 15 is 0 Å². The molecule has 0 spiro atoms. The van der Waals surface area contributed by atoms with Gasteiger partial charge in [-0.1, -0.05) is 29.3 Å². The minimum atomic E-state index is -0.179. The maximum atomic E-state index is 12.1. The largest absolute Gasteiger partial charge is 0.322 e. The molecule has 2 rings (SSSR count). The first-order valence-electron chi connectivity index (χ1n) is 5.80. The minimum Gasteiger partial charge on any atom is -0.322 e. The van der Waals surface area contributed by atoms with Crippen molar-refractivity contribution in [2.24, 2.45) is 0 Å². The lowest BCUT2D eigenvalue weighted by molar-refractivity contribution is 0.102. The van der Waals surface area contributed by atoms with Gasteiger partial charge in [0.1, 0.15) is 0 Å². The van der Waals surface area contributed by atoms with E-state index in [1.54, 1.807) is 24.3 Å². The molecule has 0 saturated carbocycles. The second kappa shape index (κ2) is 5.64. The van der Waals surface area contributed by atoms with E-state index in [1.807, 2.05) is 26.0 Å². The Bertz CT molecular complexity index is 618. The van der Waals surface area contributed by atoms with Crippen molar-refractivity contribution in [1.82, 2.24) is 0 Å². The van der Waals surface area contributed by atoms with E-state index in [-0.39, 0.29) is 5.91 Å². The number of carbonyl (C=O) groups is 1. The van der Waals surface area contributed by atoms with E-state index in [2.05, 4.69) is 5.32 Å².